The number of carbonyl (C=O) groups is 1. The van der Waals surface area contributed by atoms with Crippen molar-refractivity contribution in [2.75, 3.05) is 6.61 Å². The maximum Gasteiger partial charge on any atom is 0.287 e. The van der Waals surface area contributed by atoms with Gasteiger partial charge in [-0.25, -0.2) is 8.42 Å². The normalized spacial score (nSPS) is 11.5. The zero-order chi connectivity index (χ0) is 22.6. The average Bonchev–Trinajstić information content (AvgIpc) is 3.26. The largest absolute Gasteiger partial charge is 0.449 e. The number of fused-ring (bicyclic) bond motifs is 1. The van der Waals surface area contributed by atoms with E-state index in [0.29, 0.717) is 18.8 Å². The molecule has 4 aromatic rings. The van der Waals surface area contributed by atoms with E-state index in [1.807, 2.05) is 6.92 Å². The fraction of sp³-hybridized carbons (Fsp3) is 0.167. The molecule has 2 aromatic heterocycles. The molecule has 0 fully saturated rings. The van der Waals surface area contributed by atoms with Crippen molar-refractivity contribution < 1.29 is 22.4 Å². The molecular weight excluding hydrogens is 428 g/mol. The standard InChI is InChI=1S/C24H22N2O5S/c1-2-30-16-18-5-9-21(10-6-18)32(28,29)20-7-3-17(4-8-20)14-26-24(27)22-13-19-11-12-25-15-23(19)31-22/h3-13,15H,2,14,16H2,1H3,(H,26,27). The number of hydrogen-bond acceptors (Lipinski definition) is 6. The highest BCUT2D eigenvalue weighted by Gasteiger charge is 2.18. The first-order valence-electron chi connectivity index (χ1n) is 10.1. The Kier molecular flexibility index (Phi) is 6.34. The average molecular weight is 451 g/mol. The first-order chi connectivity index (χ1) is 15.5. The van der Waals surface area contributed by atoms with Gasteiger partial charge in [0.2, 0.25) is 9.84 Å². The lowest BCUT2D eigenvalue weighted by Gasteiger charge is -2.08. The molecule has 0 aliphatic rings. The summed E-state index contributed by atoms with van der Waals surface area (Å²) in [4.78, 5) is 16.7. The summed E-state index contributed by atoms with van der Waals surface area (Å²) in [6.45, 7) is 3.19. The highest BCUT2D eigenvalue weighted by molar-refractivity contribution is 7.91. The van der Waals surface area contributed by atoms with Crippen LogP contribution in [0.4, 0.5) is 0 Å². The third-order valence-electron chi connectivity index (χ3n) is 4.94. The summed E-state index contributed by atoms with van der Waals surface area (Å²) in [7, 11) is -3.63. The molecule has 4 rings (SSSR count). The number of amides is 1. The molecule has 2 aromatic carbocycles. The van der Waals surface area contributed by atoms with Crippen LogP contribution in [-0.4, -0.2) is 25.9 Å². The van der Waals surface area contributed by atoms with Crippen LogP contribution in [0.25, 0.3) is 11.0 Å². The van der Waals surface area contributed by atoms with Gasteiger partial charge < -0.3 is 14.5 Å². The molecule has 32 heavy (non-hydrogen) atoms. The number of nitrogens with one attached hydrogen (secondary N) is 1. The molecule has 0 atom stereocenters. The Hall–Kier alpha value is -3.49. The molecule has 0 spiro atoms. The summed E-state index contributed by atoms with van der Waals surface area (Å²) in [5, 5.41) is 3.57. The Bertz CT molecular complexity index is 1290. The van der Waals surface area contributed by atoms with E-state index >= 15 is 0 Å². The molecule has 0 radical (unpaired) electrons. The number of ether oxygens (including phenoxy) is 1. The quantitative estimate of drug-likeness (QED) is 0.433. The van der Waals surface area contributed by atoms with Gasteiger partial charge in [-0.1, -0.05) is 24.3 Å². The summed E-state index contributed by atoms with van der Waals surface area (Å²) in [5.74, 6) is -0.162. The van der Waals surface area contributed by atoms with E-state index in [9.17, 15) is 13.2 Å². The van der Waals surface area contributed by atoms with Crippen molar-refractivity contribution in [2.24, 2.45) is 0 Å². The van der Waals surface area contributed by atoms with Crippen LogP contribution in [0.15, 0.2) is 87.3 Å². The molecule has 1 amide bonds. The van der Waals surface area contributed by atoms with Crippen LogP contribution < -0.4 is 5.32 Å². The van der Waals surface area contributed by atoms with Crippen LogP contribution in [-0.2, 0) is 27.7 Å². The maximum atomic E-state index is 12.9. The number of pyridine rings is 1. The smallest absolute Gasteiger partial charge is 0.287 e. The summed E-state index contributed by atoms with van der Waals surface area (Å²) in [5.41, 5.74) is 2.22. The second kappa shape index (κ2) is 9.33. The van der Waals surface area contributed by atoms with Gasteiger partial charge in [-0.05, 0) is 54.4 Å². The van der Waals surface area contributed by atoms with Crippen LogP contribution in [0, 0.1) is 0 Å². The van der Waals surface area contributed by atoms with Crippen molar-refractivity contribution in [3.05, 3.63) is 89.9 Å². The Morgan fingerprint density at radius 2 is 1.66 bits per heavy atom. The number of hydrogen-bond donors (Lipinski definition) is 1. The highest BCUT2D eigenvalue weighted by Crippen LogP contribution is 2.22. The molecule has 164 valence electrons. The number of carbonyl (C=O) groups excluding carboxylic acids is 1. The van der Waals surface area contributed by atoms with E-state index in [0.717, 1.165) is 16.5 Å². The number of aromatic nitrogens is 1. The second-order valence-corrected chi connectivity index (χ2v) is 9.08. The van der Waals surface area contributed by atoms with Gasteiger partial charge in [0.1, 0.15) is 0 Å². The minimum absolute atomic E-state index is 0.190. The Labute approximate surface area is 186 Å². The minimum atomic E-state index is -3.63. The first-order valence-corrected chi connectivity index (χ1v) is 11.6. The second-order valence-electron chi connectivity index (χ2n) is 7.14. The Balaban J connectivity index is 1.41. The monoisotopic (exact) mass is 450 g/mol. The van der Waals surface area contributed by atoms with E-state index in [2.05, 4.69) is 10.3 Å². The van der Waals surface area contributed by atoms with Crippen molar-refractivity contribution in [1.29, 1.82) is 0 Å². The van der Waals surface area contributed by atoms with E-state index < -0.39 is 9.84 Å². The number of furan rings is 1. The molecular formula is C24H22N2O5S. The zero-order valence-electron chi connectivity index (χ0n) is 17.4. The molecule has 2 heterocycles. The summed E-state index contributed by atoms with van der Waals surface area (Å²) in [6, 6.07) is 16.5. The third-order valence-corrected chi connectivity index (χ3v) is 6.73. The lowest BCUT2D eigenvalue weighted by Crippen LogP contribution is -2.22. The molecule has 0 saturated heterocycles. The molecule has 0 aliphatic heterocycles. The fourth-order valence-electron chi connectivity index (χ4n) is 3.17. The first kappa shape index (κ1) is 21.7. The Morgan fingerprint density at radius 3 is 2.28 bits per heavy atom. The van der Waals surface area contributed by atoms with Crippen molar-refractivity contribution >= 4 is 26.7 Å². The van der Waals surface area contributed by atoms with Crippen molar-refractivity contribution in [2.45, 2.75) is 29.9 Å². The zero-order valence-corrected chi connectivity index (χ0v) is 18.3. The molecule has 0 bridgehead atoms. The van der Waals surface area contributed by atoms with Crippen LogP contribution in [0.5, 0.6) is 0 Å². The van der Waals surface area contributed by atoms with E-state index in [1.54, 1.807) is 60.9 Å². The fourth-order valence-corrected chi connectivity index (χ4v) is 4.43. The van der Waals surface area contributed by atoms with E-state index in [1.165, 1.54) is 12.1 Å². The van der Waals surface area contributed by atoms with Gasteiger partial charge in [0, 0.05) is 24.7 Å². The maximum absolute atomic E-state index is 12.9. The van der Waals surface area contributed by atoms with Crippen molar-refractivity contribution in [1.82, 2.24) is 10.3 Å². The SMILES string of the molecule is CCOCc1ccc(S(=O)(=O)c2ccc(CNC(=O)c3cc4ccncc4o3)cc2)cc1. The topological polar surface area (TPSA) is 98.5 Å². The summed E-state index contributed by atoms with van der Waals surface area (Å²) < 4.78 is 36.6. The minimum Gasteiger partial charge on any atom is -0.449 e. The third kappa shape index (κ3) is 4.71. The van der Waals surface area contributed by atoms with Crippen LogP contribution in [0.3, 0.4) is 0 Å². The predicted molar refractivity (Wildman–Crippen MR) is 119 cm³/mol. The van der Waals surface area contributed by atoms with Crippen molar-refractivity contribution in [3.63, 3.8) is 0 Å². The molecule has 0 aliphatic carbocycles. The molecule has 7 nitrogen and oxygen atoms in total. The van der Waals surface area contributed by atoms with Crippen LogP contribution in [0.1, 0.15) is 28.6 Å². The molecule has 0 unspecified atom stereocenters. The molecule has 1 N–H and O–H groups in total. The van der Waals surface area contributed by atoms with Crippen molar-refractivity contribution in [3.8, 4) is 0 Å². The van der Waals surface area contributed by atoms with Gasteiger partial charge in [-0.3, -0.25) is 9.78 Å². The van der Waals surface area contributed by atoms with Gasteiger partial charge in [-0.2, -0.15) is 0 Å². The number of rotatable bonds is 8. The Morgan fingerprint density at radius 1 is 1.00 bits per heavy atom. The van der Waals surface area contributed by atoms with Gasteiger partial charge in [0.05, 0.1) is 22.6 Å². The summed E-state index contributed by atoms with van der Waals surface area (Å²) >= 11 is 0. The molecule has 0 saturated carbocycles. The highest BCUT2D eigenvalue weighted by atomic mass is 32.2. The lowest BCUT2D eigenvalue weighted by molar-refractivity contribution is 0.0925. The van der Waals surface area contributed by atoms with Gasteiger partial charge in [0.25, 0.3) is 5.91 Å². The van der Waals surface area contributed by atoms with Crippen LogP contribution >= 0.6 is 0 Å². The van der Waals surface area contributed by atoms with E-state index in [-0.39, 0.29) is 28.0 Å². The molecule has 8 heteroatoms. The lowest BCUT2D eigenvalue weighted by atomic mass is 10.2. The van der Waals surface area contributed by atoms with Crippen LogP contribution in [0.2, 0.25) is 0 Å². The van der Waals surface area contributed by atoms with E-state index in [4.69, 9.17) is 9.15 Å². The van der Waals surface area contributed by atoms with Gasteiger partial charge >= 0.3 is 0 Å². The predicted octanol–water partition coefficient (Wildman–Crippen LogP) is 4.13. The number of benzene rings is 2. The number of sulfone groups is 1. The van der Waals surface area contributed by atoms with Gasteiger partial charge in [0.15, 0.2) is 11.3 Å². The summed E-state index contributed by atoms with van der Waals surface area (Å²) in [6.07, 6.45) is 3.18. The number of nitrogens with zero attached hydrogens (tertiary/aromatic N) is 1. The van der Waals surface area contributed by atoms with Gasteiger partial charge in [-0.15, -0.1) is 0 Å².